The van der Waals surface area contributed by atoms with E-state index in [2.05, 4.69) is 20.1 Å². The molecule has 4 rings (SSSR count). The van der Waals surface area contributed by atoms with Crippen LogP contribution in [0.25, 0.3) is 17.0 Å². The molecule has 7 heteroatoms. The molecule has 0 spiro atoms. The van der Waals surface area contributed by atoms with Gasteiger partial charge in [-0.2, -0.15) is 0 Å². The van der Waals surface area contributed by atoms with Crippen molar-refractivity contribution >= 4 is 5.65 Å². The van der Waals surface area contributed by atoms with Gasteiger partial charge in [0.05, 0.1) is 29.5 Å². The molecule has 0 aliphatic carbocycles. The van der Waals surface area contributed by atoms with E-state index in [1.165, 1.54) is 10.6 Å². The van der Waals surface area contributed by atoms with Crippen molar-refractivity contribution < 1.29 is 0 Å². The Kier molecular flexibility index (Phi) is 3.04. The molecule has 0 bridgehead atoms. The van der Waals surface area contributed by atoms with E-state index in [0.717, 1.165) is 11.4 Å². The van der Waals surface area contributed by atoms with Gasteiger partial charge in [0.15, 0.2) is 5.65 Å². The number of nitrogens with one attached hydrogen (secondary N) is 1. The van der Waals surface area contributed by atoms with Crippen LogP contribution in [-0.2, 0) is 0 Å². The zero-order valence-corrected chi connectivity index (χ0v) is 12.4. The van der Waals surface area contributed by atoms with Gasteiger partial charge in [-0.25, -0.2) is 14.5 Å². The quantitative estimate of drug-likeness (QED) is 0.627. The zero-order chi connectivity index (χ0) is 15.8. The summed E-state index contributed by atoms with van der Waals surface area (Å²) >= 11 is 0. The molecule has 0 amide bonds. The number of hydrogen-bond acceptors (Lipinski definition) is 4. The van der Waals surface area contributed by atoms with Gasteiger partial charge in [0.2, 0.25) is 0 Å². The predicted molar refractivity (Wildman–Crippen MR) is 85.1 cm³/mol. The maximum absolute atomic E-state index is 12.4. The maximum Gasteiger partial charge on any atom is 0.272 e. The molecule has 0 fully saturated rings. The number of pyridine rings is 1. The lowest BCUT2D eigenvalue weighted by Crippen LogP contribution is -2.18. The molecule has 1 N–H and O–H groups in total. The molecule has 23 heavy (non-hydrogen) atoms. The van der Waals surface area contributed by atoms with Crippen molar-refractivity contribution in [3.8, 4) is 11.4 Å². The van der Waals surface area contributed by atoms with Gasteiger partial charge in [-0.1, -0.05) is 6.07 Å². The average molecular weight is 306 g/mol. The second-order valence-electron chi connectivity index (χ2n) is 5.28. The summed E-state index contributed by atoms with van der Waals surface area (Å²) in [6.07, 6.45) is 6.98. The van der Waals surface area contributed by atoms with Gasteiger partial charge >= 0.3 is 0 Å². The molecule has 4 aromatic rings. The van der Waals surface area contributed by atoms with E-state index in [1.54, 1.807) is 18.7 Å². The lowest BCUT2D eigenvalue weighted by molar-refractivity contribution is 0.617. The third-order valence-electron chi connectivity index (χ3n) is 3.81. The van der Waals surface area contributed by atoms with Gasteiger partial charge in [-0.15, -0.1) is 0 Å². The van der Waals surface area contributed by atoms with Gasteiger partial charge in [-0.3, -0.25) is 14.9 Å². The topological polar surface area (TPSA) is 80.9 Å². The average Bonchev–Trinajstić information content (AvgIpc) is 3.24. The Hall–Kier alpha value is -3.22. The molecule has 0 aliphatic rings. The zero-order valence-electron chi connectivity index (χ0n) is 12.4. The fourth-order valence-corrected chi connectivity index (χ4v) is 2.53. The van der Waals surface area contributed by atoms with E-state index in [0.29, 0.717) is 11.3 Å². The molecule has 114 valence electrons. The minimum Gasteiger partial charge on any atom is -0.329 e. The number of nitrogens with zero attached hydrogens (tertiary/aromatic N) is 5. The molecule has 0 saturated heterocycles. The number of hydrogen-bond donors (Lipinski definition) is 1. The molecule has 0 aliphatic heterocycles. The van der Waals surface area contributed by atoms with Crippen LogP contribution in [0.1, 0.15) is 18.7 Å². The van der Waals surface area contributed by atoms with Crippen molar-refractivity contribution in [2.45, 2.75) is 13.0 Å². The Labute approximate surface area is 131 Å². The highest BCUT2D eigenvalue weighted by Gasteiger charge is 2.13. The van der Waals surface area contributed by atoms with Crippen LogP contribution >= 0.6 is 0 Å². The minimum absolute atomic E-state index is 0.0663. The van der Waals surface area contributed by atoms with Crippen LogP contribution in [0.5, 0.6) is 0 Å². The first-order valence-electron chi connectivity index (χ1n) is 7.24. The fraction of sp³-hybridized carbons (Fsp3) is 0.125. The Balaban J connectivity index is 1.83. The number of aromatic nitrogens is 6. The summed E-state index contributed by atoms with van der Waals surface area (Å²) in [5, 5.41) is 3.04. The van der Waals surface area contributed by atoms with Crippen molar-refractivity contribution in [1.82, 2.24) is 29.1 Å². The summed E-state index contributed by atoms with van der Waals surface area (Å²) in [4.78, 5) is 25.3. The highest BCUT2D eigenvalue weighted by Crippen LogP contribution is 2.18. The largest absolute Gasteiger partial charge is 0.329 e. The second-order valence-corrected chi connectivity index (χ2v) is 5.28. The highest BCUT2D eigenvalue weighted by atomic mass is 16.1. The summed E-state index contributed by atoms with van der Waals surface area (Å²) < 4.78 is 3.33. The summed E-state index contributed by atoms with van der Waals surface area (Å²) in [6.45, 7) is 1.98. The van der Waals surface area contributed by atoms with Crippen molar-refractivity contribution in [2.24, 2.45) is 0 Å². The number of fused-ring (bicyclic) bond motifs is 1. The Morgan fingerprint density at radius 3 is 2.87 bits per heavy atom. The van der Waals surface area contributed by atoms with Crippen molar-refractivity contribution in [3.05, 3.63) is 71.3 Å². The van der Waals surface area contributed by atoms with E-state index < -0.39 is 0 Å². The Morgan fingerprint density at radius 2 is 2.13 bits per heavy atom. The molecule has 4 heterocycles. The van der Waals surface area contributed by atoms with E-state index >= 15 is 0 Å². The lowest BCUT2D eigenvalue weighted by Gasteiger charge is -2.11. The summed E-state index contributed by atoms with van der Waals surface area (Å²) in [5.41, 5.74) is 2.63. The first-order chi connectivity index (χ1) is 11.2. The van der Waals surface area contributed by atoms with Crippen LogP contribution in [0.3, 0.4) is 0 Å². The van der Waals surface area contributed by atoms with Crippen molar-refractivity contribution in [1.29, 1.82) is 0 Å². The first kappa shape index (κ1) is 13.4. The molecule has 1 atom stereocenters. The standard InChI is InChI=1S/C16H14N6O/c1-11(21-7-6-17-10-21)13-9-16(23)22-15(19-13)8-14(20-22)12-4-2-3-5-18-12/h2-11,20H,1H3/t11-/m1/s1. The van der Waals surface area contributed by atoms with Gasteiger partial charge in [-0.05, 0) is 19.1 Å². The maximum atomic E-state index is 12.4. The summed E-state index contributed by atoms with van der Waals surface area (Å²) in [5.74, 6) is 0. The predicted octanol–water partition coefficient (Wildman–Crippen LogP) is 1.89. The normalized spacial score (nSPS) is 12.6. The Morgan fingerprint density at radius 1 is 1.22 bits per heavy atom. The van der Waals surface area contributed by atoms with Crippen LogP contribution in [0, 0.1) is 0 Å². The van der Waals surface area contributed by atoms with Crippen molar-refractivity contribution in [2.75, 3.05) is 0 Å². The summed E-state index contributed by atoms with van der Waals surface area (Å²) in [6, 6.07) is 8.93. The number of H-pyrrole nitrogens is 1. The second kappa shape index (κ2) is 5.20. The molecule has 0 unspecified atom stereocenters. The molecule has 0 radical (unpaired) electrons. The fourth-order valence-electron chi connectivity index (χ4n) is 2.53. The SMILES string of the molecule is C[C@H](c1cc(=O)n2[nH]c(-c3ccccn3)cc2n1)n1ccnc1. The van der Waals surface area contributed by atoms with Crippen LogP contribution in [0.2, 0.25) is 0 Å². The molecule has 7 nitrogen and oxygen atoms in total. The highest BCUT2D eigenvalue weighted by molar-refractivity contribution is 5.60. The van der Waals surface area contributed by atoms with Gasteiger partial charge in [0.1, 0.15) is 0 Å². The van der Waals surface area contributed by atoms with E-state index in [-0.39, 0.29) is 11.6 Å². The third-order valence-corrected chi connectivity index (χ3v) is 3.81. The number of imidazole rings is 1. The van der Waals surface area contributed by atoms with E-state index in [9.17, 15) is 4.79 Å². The van der Waals surface area contributed by atoms with Crippen LogP contribution in [-0.4, -0.2) is 29.1 Å². The monoisotopic (exact) mass is 306 g/mol. The number of aromatic amines is 1. The van der Waals surface area contributed by atoms with Crippen LogP contribution < -0.4 is 5.56 Å². The van der Waals surface area contributed by atoms with Gasteiger partial charge < -0.3 is 4.57 Å². The molecule has 0 aromatic carbocycles. The van der Waals surface area contributed by atoms with E-state index in [4.69, 9.17) is 0 Å². The van der Waals surface area contributed by atoms with Crippen LogP contribution in [0.15, 0.2) is 60.0 Å². The molecule has 4 aromatic heterocycles. The van der Waals surface area contributed by atoms with Crippen LogP contribution in [0.4, 0.5) is 0 Å². The van der Waals surface area contributed by atoms with E-state index in [1.807, 2.05) is 42.0 Å². The minimum atomic E-state index is -0.154. The third kappa shape index (κ3) is 2.32. The van der Waals surface area contributed by atoms with Gasteiger partial charge in [0, 0.05) is 30.7 Å². The lowest BCUT2D eigenvalue weighted by atomic mass is 10.2. The van der Waals surface area contributed by atoms with Gasteiger partial charge in [0.25, 0.3) is 5.56 Å². The first-order valence-corrected chi connectivity index (χ1v) is 7.24. The summed E-state index contributed by atoms with van der Waals surface area (Å²) in [7, 11) is 0. The Bertz CT molecular complexity index is 1000. The molecule has 0 saturated carbocycles. The number of rotatable bonds is 3. The van der Waals surface area contributed by atoms with Crippen molar-refractivity contribution in [3.63, 3.8) is 0 Å². The molecular formula is C16H14N6O. The smallest absolute Gasteiger partial charge is 0.272 e. The molecular weight excluding hydrogens is 292 g/mol.